The standard InChI is InChI=1S/C31H54O6Si/c1-19-21-9-10-22-26-23(32)15-20-16-31(35-13-11-33-19)25(34-12-14-36-31)18-29(20,5)27(26)24(17-30(21,22)6)37-38(7,8)28(2,3)4/h19-27,32H,9-18H2,1-8H3/t19?,20-,21-,22-,23-,24-,25?,26-,27?,29+,30-,31?/m1/s1. The number of rotatable bonds is 2. The van der Waals surface area contributed by atoms with Crippen LogP contribution in [-0.4, -0.2) is 70.1 Å². The van der Waals surface area contributed by atoms with Crippen molar-refractivity contribution >= 4 is 8.32 Å². The maximum absolute atomic E-state index is 12.1. The van der Waals surface area contributed by atoms with E-state index in [0.29, 0.717) is 50.1 Å². The Balaban J connectivity index is 1.49. The van der Waals surface area contributed by atoms with Crippen molar-refractivity contribution in [2.24, 2.45) is 40.4 Å². The minimum atomic E-state index is -2.05. The minimum absolute atomic E-state index is 0.0147. The van der Waals surface area contributed by atoms with Gasteiger partial charge in [-0.1, -0.05) is 34.6 Å². The van der Waals surface area contributed by atoms with Crippen LogP contribution in [0.15, 0.2) is 0 Å². The predicted octanol–water partition coefficient (Wildman–Crippen LogP) is 5.77. The summed E-state index contributed by atoms with van der Waals surface area (Å²) in [6.45, 7) is 21.4. The molecule has 38 heavy (non-hydrogen) atoms. The molecule has 7 heteroatoms. The second-order valence-electron chi connectivity index (χ2n) is 15.9. The van der Waals surface area contributed by atoms with Gasteiger partial charge >= 0.3 is 0 Å². The zero-order valence-electron chi connectivity index (χ0n) is 25.3. The van der Waals surface area contributed by atoms with E-state index >= 15 is 0 Å². The summed E-state index contributed by atoms with van der Waals surface area (Å²) in [6.07, 6.45) is 5.83. The Morgan fingerprint density at radius 1 is 0.868 bits per heavy atom. The van der Waals surface area contributed by atoms with Crippen LogP contribution in [0.2, 0.25) is 18.1 Å². The first-order valence-electron chi connectivity index (χ1n) is 15.6. The molecule has 0 aromatic heterocycles. The van der Waals surface area contributed by atoms with Crippen LogP contribution in [0.3, 0.4) is 0 Å². The molecule has 8 bridgehead atoms. The molecule has 0 amide bonds. The molecule has 5 aliphatic heterocycles. The van der Waals surface area contributed by atoms with E-state index in [1.54, 1.807) is 0 Å². The Bertz CT molecular complexity index is 905. The van der Waals surface area contributed by atoms with Gasteiger partial charge in [0.2, 0.25) is 0 Å². The summed E-state index contributed by atoms with van der Waals surface area (Å²) >= 11 is 0. The zero-order valence-corrected chi connectivity index (χ0v) is 26.3. The van der Waals surface area contributed by atoms with E-state index in [2.05, 4.69) is 54.6 Å². The van der Waals surface area contributed by atoms with Gasteiger partial charge in [0.1, 0.15) is 6.10 Å². The highest BCUT2D eigenvalue weighted by Crippen LogP contribution is 2.70. The van der Waals surface area contributed by atoms with E-state index < -0.39 is 14.1 Å². The van der Waals surface area contributed by atoms with E-state index in [9.17, 15) is 5.11 Å². The Morgan fingerprint density at radius 2 is 1.53 bits per heavy atom. The quantitative estimate of drug-likeness (QED) is 0.440. The molecule has 1 spiro atoms. The van der Waals surface area contributed by atoms with Gasteiger partial charge in [-0.25, -0.2) is 0 Å². The largest absolute Gasteiger partial charge is 0.414 e. The molecule has 9 fully saturated rings. The Labute approximate surface area is 232 Å². The van der Waals surface area contributed by atoms with Gasteiger partial charge in [0.15, 0.2) is 14.1 Å². The van der Waals surface area contributed by atoms with Gasteiger partial charge in [-0.05, 0) is 97.6 Å². The van der Waals surface area contributed by atoms with Crippen LogP contribution in [0.1, 0.15) is 80.1 Å². The van der Waals surface area contributed by atoms with Crippen molar-refractivity contribution in [1.29, 1.82) is 0 Å². The molecule has 5 heterocycles. The summed E-state index contributed by atoms with van der Waals surface area (Å²) in [4.78, 5) is 0. The van der Waals surface area contributed by atoms with E-state index in [4.69, 9.17) is 23.4 Å². The first-order chi connectivity index (χ1) is 17.7. The minimum Gasteiger partial charge on any atom is -0.414 e. The van der Waals surface area contributed by atoms with Crippen molar-refractivity contribution in [3.8, 4) is 0 Å². The van der Waals surface area contributed by atoms with Crippen LogP contribution in [-0.2, 0) is 23.4 Å². The highest BCUT2D eigenvalue weighted by Gasteiger charge is 2.69. The van der Waals surface area contributed by atoms with Crippen molar-refractivity contribution in [3.05, 3.63) is 0 Å². The molecule has 0 radical (unpaired) electrons. The van der Waals surface area contributed by atoms with Crippen molar-refractivity contribution in [3.63, 3.8) is 0 Å². The van der Waals surface area contributed by atoms with Crippen molar-refractivity contribution in [2.45, 2.75) is 128 Å². The van der Waals surface area contributed by atoms with Gasteiger partial charge in [-0.2, -0.15) is 0 Å². The lowest BCUT2D eigenvalue weighted by atomic mass is 9.42. The molecule has 4 aliphatic carbocycles. The molecule has 9 aliphatic rings. The molecule has 12 atom stereocenters. The average Bonchev–Trinajstić information content (AvgIpc) is 3.16. The first kappa shape index (κ1) is 28.1. The summed E-state index contributed by atoms with van der Waals surface area (Å²) in [5, 5.41) is 12.2. The molecular weight excluding hydrogens is 496 g/mol. The average molecular weight is 551 g/mol. The third-order valence-electron chi connectivity index (χ3n) is 13.1. The van der Waals surface area contributed by atoms with Crippen LogP contribution in [0, 0.1) is 40.4 Å². The third kappa shape index (κ3) is 4.07. The van der Waals surface area contributed by atoms with E-state index in [0.717, 1.165) is 25.7 Å². The molecular formula is C31H54O6Si. The molecule has 9 rings (SSSR count). The lowest BCUT2D eigenvalue weighted by molar-refractivity contribution is -0.368. The lowest BCUT2D eigenvalue weighted by Crippen LogP contribution is -2.69. The topological polar surface area (TPSA) is 66.4 Å². The summed E-state index contributed by atoms with van der Waals surface area (Å²) in [6, 6.07) is 0. The summed E-state index contributed by atoms with van der Waals surface area (Å²) in [7, 11) is -2.05. The first-order valence-corrected chi connectivity index (χ1v) is 18.5. The number of aliphatic hydroxyl groups excluding tert-OH is 1. The zero-order chi connectivity index (χ0) is 27.3. The van der Waals surface area contributed by atoms with Crippen LogP contribution < -0.4 is 0 Å². The second kappa shape index (κ2) is 9.24. The normalized spacial score (nSPS) is 53.1. The second-order valence-corrected chi connectivity index (χ2v) is 20.6. The molecule has 6 nitrogen and oxygen atoms in total. The van der Waals surface area contributed by atoms with Gasteiger partial charge in [0, 0.05) is 12.5 Å². The smallest absolute Gasteiger partial charge is 0.195 e. The lowest BCUT2D eigenvalue weighted by Gasteiger charge is -2.67. The van der Waals surface area contributed by atoms with E-state index in [-0.39, 0.29) is 46.2 Å². The fourth-order valence-electron chi connectivity index (χ4n) is 10.2. The predicted molar refractivity (Wildman–Crippen MR) is 149 cm³/mol. The number of ether oxygens (including phenoxy) is 4. The van der Waals surface area contributed by atoms with Gasteiger partial charge in [-0.15, -0.1) is 0 Å². The maximum atomic E-state index is 12.1. The third-order valence-corrected chi connectivity index (χ3v) is 17.6. The fourth-order valence-corrected chi connectivity index (χ4v) is 11.6. The highest BCUT2D eigenvalue weighted by molar-refractivity contribution is 6.74. The van der Waals surface area contributed by atoms with Crippen molar-refractivity contribution in [2.75, 3.05) is 26.4 Å². The summed E-state index contributed by atoms with van der Waals surface area (Å²) in [5.41, 5.74) is 0.118. The Morgan fingerprint density at radius 3 is 2.21 bits per heavy atom. The Hall–Kier alpha value is -0.0231. The molecule has 4 unspecified atom stereocenters. The SMILES string of the molecule is CC1OCCOC23C[C@H]4C[C@@H](O)[C@@H]5C([C@H](O[Si](C)(C)C(C)(C)C)C[C@]6(C)[C@@H]1CC[C@H]56)[C@@]4(C)CC2OCCO3. The van der Waals surface area contributed by atoms with Crippen LogP contribution >= 0.6 is 0 Å². The van der Waals surface area contributed by atoms with Gasteiger partial charge in [0.25, 0.3) is 0 Å². The summed E-state index contributed by atoms with van der Waals surface area (Å²) in [5.74, 6) is 1.12. The van der Waals surface area contributed by atoms with Crippen LogP contribution in [0.5, 0.6) is 0 Å². The molecule has 0 aromatic carbocycles. The number of hydrogen-bond donors (Lipinski definition) is 1. The van der Waals surface area contributed by atoms with Gasteiger partial charge in [0.05, 0.1) is 38.6 Å². The summed E-state index contributed by atoms with van der Waals surface area (Å²) < 4.78 is 33.6. The monoisotopic (exact) mass is 550 g/mol. The van der Waals surface area contributed by atoms with Gasteiger partial charge < -0.3 is 28.5 Å². The number of fused-ring (bicyclic) bond motifs is 1. The van der Waals surface area contributed by atoms with E-state index in [1.807, 2.05) is 0 Å². The molecule has 5 saturated heterocycles. The molecule has 0 aromatic rings. The van der Waals surface area contributed by atoms with E-state index in [1.165, 1.54) is 12.8 Å². The number of hydrogen-bond acceptors (Lipinski definition) is 6. The van der Waals surface area contributed by atoms with Crippen molar-refractivity contribution in [1.82, 2.24) is 0 Å². The molecule has 1 N–H and O–H groups in total. The number of aliphatic hydroxyl groups is 1. The fraction of sp³-hybridized carbons (Fsp3) is 1.00. The molecule has 4 saturated carbocycles. The van der Waals surface area contributed by atoms with Gasteiger partial charge in [-0.3, -0.25) is 0 Å². The van der Waals surface area contributed by atoms with Crippen molar-refractivity contribution < 1.29 is 28.5 Å². The highest BCUT2D eigenvalue weighted by atomic mass is 28.4. The molecule has 218 valence electrons. The van der Waals surface area contributed by atoms with Crippen LogP contribution in [0.4, 0.5) is 0 Å². The Kier molecular flexibility index (Phi) is 6.83. The maximum Gasteiger partial charge on any atom is 0.195 e. The van der Waals surface area contributed by atoms with Crippen LogP contribution in [0.25, 0.3) is 0 Å².